The molecule has 142 valence electrons. The molecule has 4 rings (SSSR count). The molecule has 1 atom stereocenters. The molecule has 0 aliphatic carbocycles. The van der Waals surface area contributed by atoms with Crippen molar-refractivity contribution in [3.63, 3.8) is 0 Å². The summed E-state index contributed by atoms with van der Waals surface area (Å²) in [4.78, 5) is 31.4. The highest BCUT2D eigenvalue weighted by Gasteiger charge is 2.33. The van der Waals surface area contributed by atoms with E-state index in [1.807, 2.05) is 54.6 Å². The van der Waals surface area contributed by atoms with E-state index in [-0.39, 0.29) is 11.8 Å². The highest BCUT2D eigenvalue weighted by atomic mass is 16.2. The Morgan fingerprint density at radius 1 is 1.14 bits per heavy atom. The number of anilines is 1. The van der Waals surface area contributed by atoms with E-state index in [0.717, 1.165) is 17.5 Å². The Morgan fingerprint density at radius 2 is 2.00 bits per heavy atom. The molecule has 7 nitrogen and oxygen atoms in total. The largest absolute Gasteiger partial charge is 0.330 e. The molecule has 2 heterocycles. The summed E-state index contributed by atoms with van der Waals surface area (Å²) in [5.41, 5.74) is 2.46. The van der Waals surface area contributed by atoms with Gasteiger partial charge in [0.15, 0.2) is 5.82 Å². The molecule has 1 aromatic heterocycles. The summed E-state index contributed by atoms with van der Waals surface area (Å²) in [5, 5.41) is 9.60. The molecule has 2 N–H and O–H groups in total. The van der Waals surface area contributed by atoms with Crippen molar-refractivity contribution in [1.29, 1.82) is 0 Å². The number of hydrogen-bond donors (Lipinski definition) is 2. The zero-order valence-electron chi connectivity index (χ0n) is 15.3. The van der Waals surface area contributed by atoms with Crippen LogP contribution < -0.4 is 5.32 Å². The molecule has 1 fully saturated rings. The normalized spacial score (nSPS) is 16.1. The molecule has 0 radical (unpaired) electrons. The van der Waals surface area contributed by atoms with Crippen molar-refractivity contribution in [1.82, 2.24) is 20.1 Å². The number of carbonyl (C=O) groups excluding carboxylic acids is 2. The lowest BCUT2D eigenvalue weighted by molar-refractivity contribution is -0.136. The molecular weight excluding hydrogens is 354 g/mol. The van der Waals surface area contributed by atoms with Gasteiger partial charge in [-0.15, -0.1) is 0 Å². The van der Waals surface area contributed by atoms with Gasteiger partial charge in [-0.3, -0.25) is 14.7 Å². The Labute approximate surface area is 162 Å². The highest BCUT2D eigenvalue weighted by Crippen LogP contribution is 2.23. The first-order valence-corrected chi connectivity index (χ1v) is 9.31. The number of hydrogen-bond acceptors (Lipinski definition) is 4. The van der Waals surface area contributed by atoms with E-state index >= 15 is 0 Å². The number of nitrogens with one attached hydrogen (secondary N) is 2. The fraction of sp³-hybridized carbons (Fsp3) is 0.238. The van der Waals surface area contributed by atoms with Gasteiger partial charge in [0.25, 0.3) is 0 Å². The van der Waals surface area contributed by atoms with E-state index in [0.29, 0.717) is 30.9 Å². The highest BCUT2D eigenvalue weighted by molar-refractivity contribution is 5.98. The summed E-state index contributed by atoms with van der Waals surface area (Å²) in [6.45, 7) is 0.613. The number of H-pyrrole nitrogens is 1. The van der Waals surface area contributed by atoms with Crippen molar-refractivity contribution in [2.45, 2.75) is 25.3 Å². The second-order valence-electron chi connectivity index (χ2n) is 6.81. The summed E-state index contributed by atoms with van der Waals surface area (Å²) in [6, 6.07) is 16.6. The minimum atomic E-state index is -0.440. The average Bonchev–Trinajstić information content (AvgIpc) is 3.41. The van der Waals surface area contributed by atoms with Gasteiger partial charge in [-0.1, -0.05) is 42.5 Å². The summed E-state index contributed by atoms with van der Waals surface area (Å²) >= 11 is 0. The second kappa shape index (κ2) is 8.04. The van der Waals surface area contributed by atoms with Crippen molar-refractivity contribution < 1.29 is 9.59 Å². The number of carbonyl (C=O) groups is 2. The maximum Gasteiger partial charge on any atom is 0.247 e. The predicted molar refractivity (Wildman–Crippen MR) is 105 cm³/mol. The molecule has 1 aliphatic heterocycles. The molecule has 2 amide bonds. The van der Waals surface area contributed by atoms with Gasteiger partial charge >= 0.3 is 0 Å². The number of aromatic nitrogens is 3. The molecule has 3 aromatic rings. The monoisotopic (exact) mass is 375 g/mol. The maximum absolute atomic E-state index is 12.8. The number of rotatable bonds is 5. The van der Waals surface area contributed by atoms with Gasteiger partial charge < -0.3 is 10.2 Å². The van der Waals surface area contributed by atoms with Gasteiger partial charge in [0.05, 0.1) is 6.42 Å². The zero-order chi connectivity index (χ0) is 19.3. The summed E-state index contributed by atoms with van der Waals surface area (Å²) in [7, 11) is 0. The predicted octanol–water partition coefficient (Wildman–Crippen LogP) is 2.64. The standard InChI is InChI=1S/C21H21N5O2/c27-19(12-15-6-2-1-3-7-15)26-11-5-10-18(26)21(28)24-17-9-4-8-16(13-17)20-22-14-23-25-20/h1-4,6-9,13-14,18H,5,10-12H2,(H,24,28)(H,22,23,25)/t18-/m0/s1. The quantitative estimate of drug-likeness (QED) is 0.717. The maximum atomic E-state index is 12.8. The van der Waals surface area contributed by atoms with Crippen LogP contribution in [0.4, 0.5) is 5.69 Å². The zero-order valence-corrected chi connectivity index (χ0v) is 15.3. The molecule has 1 saturated heterocycles. The van der Waals surface area contributed by atoms with Gasteiger partial charge in [-0.05, 0) is 30.5 Å². The minimum absolute atomic E-state index is 0.0146. The van der Waals surface area contributed by atoms with Gasteiger partial charge in [-0.25, -0.2) is 4.98 Å². The van der Waals surface area contributed by atoms with Crippen LogP contribution in [0.1, 0.15) is 18.4 Å². The number of aromatic amines is 1. The number of likely N-dealkylation sites (tertiary alicyclic amines) is 1. The third kappa shape index (κ3) is 3.93. The molecule has 0 bridgehead atoms. The summed E-state index contributed by atoms with van der Waals surface area (Å²) in [6.07, 6.45) is 3.26. The molecule has 0 saturated carbocycles. The number of nitrogens with zero attached hydrogens (tertiary/aromatic N) is 3. The molecule has 2 aromatic carbocycles. The fourth-order valence-corrected chi connectivity index (χ4v) is 3.52. The summed E-state index contributed by atoms with van der Waals surface area (Å²) in [5.74, 6) is 0.463. The van der Waals surface area contributed by atoms with Crippen LogP contribution >= 0.6 is 0 Å². The van der Waals surface area contributed by atoms with Crippen LogP contribution in [0.25, 0.3) is 11.4 Å². The second-order valence-corrected chi connectivity index (χ2v) is 6.81. The molecule has 28 heavy (non-hydrogen) atoms. The topological polar surface area (TPSA) is 91.0 Å². The average molecular weight is 375 g/mol. The molecule has 7 heteroatoms. The Kier molecular flexibility index (Phi) is 5.14. The van der Waals surface area contributed by atoms with E-state index in [1.165, 1.54) is 6.33 Å². The van der Waals surface area contributed by atoms with Gasteiger partial charge in [-0.2, -0.15) is 5.10 Å². The number of benzene rings is 2. The van der Waals surface area contributed by atoms with E-state index in [4.69, 9.17) is 0 Å². The molecule has 0 unspecified atom stereocenters. The SMILES string of the molecule is O=C(Nc1cccc(-c2ncn[nH]2)c1)[C@@H]1CCCN1C(=O)Cc1ccccc1. The van der Waals surface area contributed by atoms with Crippen LogP contribution in [0.5, 0.6) is 0 Å². The lowest BCUT2D eigenvalue weighted by Gasteiger charge is -2.24. The van der Waals surface area contributed by atoms with Crippen molar-refractivity contribution in [3.05, 3.63) is 66.5 Å². The first-order valence-electron chi connectivity index (χ1n) is 9.31. The van der Waals surface area contributed by atoms with Crippen LogP contribution in [0.3, 0.4) is 0 Å². The summed E-state index contributed by atoms with van der Waals surface area (Å²) < 4.78 is 0. The van der Waals surface area contributed by atoms with Crippen LogP contribution in [-0.2, 0) is 16.0 Å². The Hall–Kier alpha value is -3.48. The minimum Gasteiger partial charge on any atom is -0.330 e. The Balaban J connectivity index is 1.44. The third-order valence-electron chi connectivity index (χ3n) is 4.89. The molecular formula is C21H21N5O2. The van der Waals surface area contributed by atoms with E-state index in [9.17, 15) is 9.59 Å². The molecule has 1 aliphatic rings. The van der Waals surface area contributed by atoms with Crippen LogP contribution in [0.15, 0.2) is 60.9 Å². The van der Waals surface area contributed by atoms with Crippen LogP contribution in [-0.4, -0.2) is 44.5 Å². The first-order chi connectivity index (χ1) is 13.7. The van der Waals surface area contributed by atoms with Crippen molar-refractivity contribution in [2.75, 3.05) is 11.9 Å². The van der Waals surface area contributed by atoms with Crippen LogP contribution in [0.2, 0.25) is 0 Å². The van der Waals surface area contributed by atoms with E-state index < -0.39 is 6.04 Å². The fourth-order valence-electron chi connectivity index (χ4n) is 3.52. The van der Waals surface area contributed by atoms with Crippen LogP contribution in [0, 0.1) is 0 Å². The Bertz CT molecular complexity index is 956. The Morgan fingerprint density at radius 3 is 2.79 bits per heavy atom. The number of amides is 2. The van der Waals surface area contributed by atoms with E-state index in [1.54, 1.807) is 4.90 Å². The van der Waals surface area contributed by atoms with E-state index in [2.05, 4.69) is 20.5 Å². The van der Waals surface area contributed by atoms with Gasteiger partial charge in [0, 0.05) is 17.8 Å². The third-order valence-corrected chi connectivity index (χ3v) is 4.89. The first kappa shape index (κ1) is 17.9. The van der Waals surface area contributed by atoms with Gasteiger partial charge in [0.1, 0.15) is 12.4 Å². The van der Waals surface area contributed by atoms with Crippen molar-refractivity contribution in [3.8, 4) is 11.4 Å². The molecule has 0 spiro atoms. The lowest BCUT2D eigenvalue weighted by Crippen LogP contribution is -2.43. The lowest BCUT2D eigenvalue weighted by atomic mass is 10.1. The smallest absolute Gasteiger partial charge is 0.247 e. The van der Waals surface area contributed by atoms with Gasteiger partial charge in [0.2, 0.25) is 11.8 Å². The van der Waals surface area contributed by atoms with Crippen molar-refractivity contribution in [2.24, 2.45) is 0 Å². The van der Waals surface area contributed by atoms with Crippen molar-refractivity contribution >= 4 is 17.5 Å².